The first-order valence-electron chi connectivity index (χ1n) is 4.13. The fourth-order valence-corrected chi connectivity index (χ4v) is 0.883. The highest BCUT2D eigenvalue weighted by molar-refractivity contribution is 5.27. The maximum atomic E-state index is 12.9. The summed E-state index contributed by atoms with van der Waals surface area (Å²) in [5, 5.41) is 0. The summed E-state index contributed by atoms with van der Waals surface area (Å²) in [6, 6.07) is 4.93. The van der Waals surface area contributed by atoms with Gasteiger partial charge in [-0.2, -0.15) is 0 Å². The van der Waals surface area contributed by atoms with Gasteiger partial charge < -0.3 is 4.74 Å². The zero-order valence-electron chi connectivity index (χ0n) is 7.43. The topological polar surface area (TPSA) is 9.23 Å². The van der Waals surface area contributed by atoms with Crippen LogP contribution in [0.25, 0.3) is 0 Å². The molecule has 1 aromatic carbocycles. The highest BCUT2D eigenvalue weighted by Gasteiger charge is 1.98. The van der Waals surface area contributed by atoms with Crippen molar-refractivity contribution in [3.8, 4) is 5.75 Å². The molecule has 0 spiro atoms. The van der Waals surface area contributed by atoms with E-state index in [2.05, 4.69) is 0 Å². The van der Waals surface area contributed by atoms with Crippen LogP contribution in [0.5, 0.6) is 5.75 Å². The monoisotopic (exact) mass is 168 g/mol. The van der Waals surface area contributed by atoms with Crippen LogP contribution in [0.3, 0.4) is 0 Å². The fourth-order valence-electron chi connectivity index (χ4n) is 0.883. The van der Waals surface area contributed by atoms with Crippen molar-refractivity contribution in [2.24, 2.45) is 0 Å². The summed E-state index contributed by atoms with van der Waals surface area (Å²) < 4.78 is 18.2. The molecule has 0 aromatic heterocycles. The molecule has 0 unspecified atom stereocenters. The third-order valence-electron chi connectivity index (χ3n) is 1.62. The SMILES string of the molecule is CCCOc1ccc(C)c(F)c1. The van der Waals surface area contributed by atoms with Crippen LogP contribution in [0.4, 0.5) is 4.39 Å². The molecule has 0 aliphatic rings. The molecule has 0 N–H and O–H groups in total. The molecule has 0 fully saturated rings. The quantitative estimate of drug-likeness (QED) is 0.674. The van der Waals surface area contributed by atoms with Gasteiger partial charge in [-0.25, -0.2) is 4.39 Å². The first-order valence-corrected chi connectivity index (χ1v) is 4.13. The predicted octanol–water partition coefficient (Wildman–Crippen LogP) is 2.92. The van der Waals surface area contributed by atoms with E-state index in [1.807, 2.05) is 6.92 Å². The Morgan fingerprint density at radius 2 is 2.17 bits per heavy atom. The zero-order chi connectivity index (χ0) is 8.97. The van der Waals surface area contributed by atoms with Crippen LogP contribution in [0, 0.1) is 12.7 Å². The predicted molar refractivity (Wildman–Crippen MR) is 46.9 cm³/mol. The van der Waals surface area contributed by atoms with E-state index in [1.165, 1.54) is 6.07 Å². The fraction of sp³-hybridized carbons (Fsp3) is 0.400. The molecule has 0 bridgehead atoms. The van der Waals surface area contributed by atoms with Crippen LogP contribution < -0.4 is 4.74 Å². The van der Waals surface area contributed by atoms with E-state index >= 15 is 0 Å². The Hall–Kier alpha value is -1.05. The maximum Gasteiger partial charge on any atom is 0.129 e. The lowest BCUT2D eigenvalue weighted by Crippen LogP contribution is -1.95. The summed E-state index contributed by atoms with van der Waals surface area (Å²) in [6.07, 6.45) is 0.940. The summed E-state index contributed by atoms with van der Waals surface area (Å²) >= 11 is 0. The number of hydrogen-bond acceptors (Lipinski definition) is 1. The van der Waals surface area contributed by atoms with Gasteiger partial charge in [-0.05, 0) is 25.0 Å². The van der Waals surface area contributed by atoms with E-state index in [0.29, 0.717) is 17.9 Å². The Bertz CT molecular complexity index is 258. The lowest BCUT2D eigenvalue weighted by molar-refractivity contribution is 0.315. The Morgan fingerprint density at radius 3 is 2.75 bits per heavy atom. The van der Waals surface area contributed by atoms with E-state index in [4.69, 9.17) is 4.74 Å². The van der Waals surface area contributed by atoms with E-state index in [1.54, 1.807) is 19.1 Å². The number of halogens is 1. The average molecular weight is 168 g/mol. The average Bonchev–Trinajstić information content (AvgIpc) is 2.07. The van der Waals surface area contributed by atoms with Gasteiger partial charge in [0.25, 0.3) is 0 Å². The first-order chi connectivity index (χ1) is 5.74. The van der Waals surface area contributed by atoms with Gasteiger partial charge >= 0.3 is 0 Å². The van der Waals surface area contributed by atoms with Crippen molar-refractivity contribution < 1.29 is 9.13 Å². The summed E-state index contributed by atoms with van der Waals surface area (Å²) in [7, 11) is 0. The van der Waals surface area contributed by atoms with Gasteiger partial charge in [0, 0.05) is 6.07 Å². The molecule has 0 aliphatic heterocycles. The smallest absolute Gasteiger partial charge is 0.129 e. The molecule has 1 aromatic rings. The first kappa shape index (κ1) is 9.04. The molecular formula is C10H13FO. The second kappa shape index (κ2) is 4.10. The Balaban J connectivity index is 2.69. The van der Waals surface area contributed by atoms with Gasteiger partial charge in [0.1, 0.15) is 11.6 Å². The van der Waals surface area contributed by atoms with Crippen molar-refractivity contribution in [1.82, 2.24) is 0 Å². The molecule has 2 heteroatoms. The molecule has 1 rings (SSSR count). The van der Waals surface area contributed by atoms with Gasteiger partial charge in [0.15, 0.2) is 0 Å². The molecule has 12 heavy (non-hydrogen) atoms. The van der Waals surface area contributed by atoms with Crippen LogP contribution in [0.2, 0.25) is 0 Å². The van der Waals surface area contributed by atoms with Gasteiger partial charge in [-0.1, -0.05) is 13.0 Å². The summed E-state index contributed by atoms with van der Waals surface area (Å²) in [5.41, 5.74) is 0.652. The Morgan fingerprint density at radius 1 is 1.42 bits per heavy atom. The third kappa shape index (κ3) is 2.22. The van der Waals surface area contributed by atoms with Gasteiger partial charge in [-0.15, -0.1) is 0 Å². The second-order valence-corrected chi connectivity index (χ2v) is 2.76. The van der Waals surface area contributed by atoms with Crippen molar-refractivity contribution in [2.45, 2.75) is 20.3 Å². The van der Waals surface area contributed by atoms with Crippen molar-refractivity contribution in [1.29, 1.82) is 0 Å². The van der Waals surface area contributed by atoms with Crippen LogP contribution in [-0.4, -0.2) is 6.61 Å². The number of rotatable bonds is 3. The normalized spacial score (nSPS) is 9.92. The lowest BCUT2D eigenvalue weighted by atomic mass is 10.2. The van der Waals surface area contributed by atoms with Crippen LogP contribution in [0.15, 0.2) is 18.2 Å². The third-order valence-corrected chi connectivity index (χ3v) is 1.62. The van der Waals surface area contributed by atoms with Crippen molar-refractivity contribution >= 4 is 0 Å². The Labute approximate surface area is 72.2 Å². The van der Waals surface area contributed by atoms with Crippen LogP contribution in [0.1, 0.15) is 18.9 Å². The molecule has 0 amide bonds. The van der Waals surface area contributed by atoms with Gasteiger partial charge in [-0.3, -0.25) is 0 Å². The molecule has 0 heterocycles. The summed E-state index contributed by atoms with van der Waals surface area (Å²) in [5.74, 6) is 0.406. The van der Waals surface area contributed by atoms with Gasteiger partial charge in [0.05, 0.1) is 6.61 Å². The standard InChI is InChI=1S/C10H13FO/c1-3-6-12-9-5-4-8(2)10(11)7-9/h4-5,7H,3,6H2,1-2H3. The number of hydrogen-bond donors (Lipinski definition) is 0. The van der Waals surface area contributed by atoms with Crippen molar-refractivity contribution in [2.75, 3.05) is 6.61 Å². The zero-order valence-corrected chi connectivity index (χ0v) is 7.43. The van der Waals surface area contributed by atoms with Crippen molar-refractivity contribution in [3.63, 3.8) is 0 Å². The number of aryl methyl sites for hydroxylation is 1. The van der Waals surface area contributed by atoms with E-state index in [-0.39, 0.29) is 5.82 Å². The van der Waals surface area contributed by atoms with Crippen LogP contribution >= 0.6 is 0 Å². The highest BCUT2D eigenvalue weighted by atomic mass is 19.1. The molecule has 0 radical (unpaired) electrons. The maximum absolute atomic E-state index is 12.9. The van der Waals surface area contributed by atoms with E-state index < -0.39 is 0 Å². The Kier molecular flexibility index (Phi) is 3.09. The molecule has 1 nitrogen and oxygen atoms in total. The molecule has 0 saturated carbocycles. The molecule has 0 aliphatic carbocycles. The van der Waals surface area contributed by atoms with Gasteiger partial charge in [0.2, 0.25) is 0 Å². The molecule has 0 saturated heterocycles. The van der Waals surface area contributed by atoms with E-state index in [0.717, 1.165) is 6.42 Å². The second-order valence-electron chi connectivity index (χ2n) is 2.76. The minimum atomic E-state index is -0.205. The largest absolute Gasteiger partial charge is 0.494 e. The number of benzene rings is 1. The molecule has 0 atom stereocenters. The highest BCUT2D eigenvalue weighted by Crippen LogP contribution is 2.15. The van der Waals surface area contributed by atoms with E-state index in [9.17, 15) is 4.39 Å². The van der Waals surface area contributed by atoms with Crippen LogP contribution in [-0.2, 0) is 0 Å². The summed E-state index contributed by atoms with van der Waals surface area (Å²) in [6.45, 7) is 4.39. The van der Waals surface area contributed by atoms with Crippen molar-refractivity contribution in [3.05, 3.63) is 29.6 Å². The number of ether oxygens (including phenoxy) is 1. The summed E-state index contributed by atoms with van der Waals surface area (Å²) in [4.78, 5) is 0. The minimum Gasteiger partial charge on any atom is -0.494 e. The molecule has 66 valence electrons. The lowest BCUT2D eigenvalue weighted by Gasteiger charge is -2.04. The molecular weight excluding hydrogens is 155 g/mol. The minimum absolute atomic E-state index is 0.205.